The fraction of sp³-hybridized carbons (Fsp3) is 0.625. The summed E-state index contributed by atoms with van der Waals surface area (Å²) in [7, 11) is 0. The largest absolute Gasteiger partial charge is 0.434 e. The summed E-state index contributed by atoms with van der Waals surface area (Å²) >= 11 is 0. The van der Waals surface area contributed by atoms with Gasteiger partial charge in [0.1, 0.15) is 5.75 Å². The maximum Gasteiger partial charge on any atom is 0.387 e. The van der Waals surface area contributed by atoms with Gasteiger partial charge in [-0.2, -0.15) is 8.78 Å². The monoisotopic (exact) mass is 315 g/mol. The number of benzene rings is 1. The molecule has 0 saturated carbocycles. The molecule has 1 saturated heterocycles. The maximum absolute atomic E-state index is 12.4. The molecule has 0 aromatic heterocycles. The molecule has 0 spiro atoms. The highest BCUT2D eigenvalue weighted by atomic mass is 19.3. The molecule has 4 nitrogen and oxygen atoms in total. The summed E-state index contributed by atoms with van der Waals surface area (Å²) in [6.07, 6.45) is 1.25. The van der Waals surface area contributed by atoms with Crippen LogP contribution in [-0.2, 0) is 11.3 Å². The van der Waals surface area contributed by atoms with E-state index in [1.54, 1.807) is 13.8 Å². The average molecular weight is 315 g/mol. The molecule has 1 heterocycles. The van der Waals surface area contributed by atoms with Gasteiger partial charge in [0, 0.05) is 39.1 Å². The summed E-state index contributed by atoms with van der Waals surface area (Å²) in [6, 6.07) is 3.65. The smallest absolute Gasteiger partial charge is 0.387 e. The highest BCUT2D eigenvalue weighted by Crippen LogP contribution is 2.26. The van der Waals surface area contributed by atoms with Crippen LogP contribution >= 0.6 is 0 Å². The zero-order valence-electron chi connectivity index (χ0n) is 13.0. The van der Waals surface area contributed by atoms with Gasteiger partial charge in [-0.05, 0) is 30.5 Å². The van der Waals surface area contributed by atoms with Gasteiger partial charge in [0.25, 0.3) is 0 Å². The SMILES string of the molecule is Cc1cc(CNCC2(O)CCOCC2)cc(C)c1OC(F)F. The minimum atomic E-state index is -2.82. The van der Waals surface area contributed by atoms with Crippen molar-refractivity contribution in [3.05, 3.63) is 28.8 Å². The molecule has 1 aliphatic rings. The van der Waals surface area contributed by atoms with Crippen molar-refractivity contribution in [2.24, 2.45) is 0 Å². The number of halogens is 2. The lowest BCUT2D eigenvalue weighted by Gasteiger charge is -2.32. The molecule has 6 heteroatoms. The second kappa shape index (κ2) is 7.35. The highest BCUT2D eigenvalue weighted by Gasteiger charge is 2.29. The van der Waals surface area contributed by atoms with Crippen LogP contribution in [-0.4, -0.2) is 37.1 Å². The lowest BCUT2D eigenvalue weighted by atomic mass is 9.94. The molecule has 0 atom stereocenters. The molecule has 124 valence electrons. The number of rotatable bonds is 6. The fourth-order valence-corrected chi connectivity index (χ4v) is 2.78. The third kappa shape index (κ3) is 4.63. The van der Waals surface area contributed by atoms with Crippen LogP contribution in [0.3, 0.4) is 0 Å². The van der Waals surface area contributed by atoms with Gasteiger partial charge in [-0.15, -0.1) is 0 Å². The Bertz CT molecular complexity index is 479. The van der Waals surface area contributed by atoms with E-state index in [0.717, 1.165) is 5.56 Å². The summed E-state index contributed by atoms with van der Waals surface area (Å²) in [6.45, 7) is 2.90. The van der Waals surface area contributed by atoms with Gasteiger partial charge in [0.05, 0.1) is 5.60 Å². The van der Waals surface area contributed by atoms with Crippen molar-refractivity contribution in [3.63, 3.8) is 0 Å². The quantitative estimate of drug-likeness (QED) is 0.847. The summed E-state index contributed by atoms with van der Waals surface area (Å²) in [5, 5.41) is 13.6. The number of hydrogen-bond acceptors (Lipinski definition) is 4. The summed E-state index contributed by atoms with van der Waals surface area (Å²) < 4.78 is 34.5. The van der Waals surface area contributed by atoms with E-state index in [1.165, 1.54) is 0 Å². The van der Waals surface area contributed by atoms with Crippen molar-refractivity contribution in [3.8, 4) is 5.75 Å². The Kier molecular flexibility index (Phi) is 5.72. The summed E-state index contributed by atoms with van der Waals surface area (Å²) in [4.78, 5) is 0. The fourth-order valence-electron chi connectivity index (χ4n) is 2.78. The molecule has 0 radical (unpaired) electrons. The maximum atomic E-state index is 12.4. The molecule has 1 aromatic rings. The van der Waals surface area contributed by atoms with Crippen molar-refractivity contribution >= 4 is 0 Å². The molecule has 2 rings (SSSR count). The van der Waals surface area contributed by atoms with E-state index in [1.807, 2.05) is 12.1 Å². The van der Waals surface area contributed by atoms with E-state index < -0.39 is 12.2 Å². The number of hydrogen-bond donors (Lipinski definition) is 2. The lowest BCUT2D eigenvalue weighted by molar-refractivity contribution is -0.0617. The first-order chi connectivity index (χ1) is 10.4. The Morgan fingerprint density at radius 1 is 1.27 bits per heavy atom. The van der Waals surface area contributed by atoms with Crippen LogP contribution in [0, 0.1) is 13.8 Å². The molecule has 0 bridgehead atoms. The van der Waals surface area contributed by atoms with E-state index in [0.29, 0.717) is 50.3 Å². The molecule has 0 aliphatic carbocycles. The molecular formula is C16H23F2NO3. The van der Waals surface area contributed by atoms with Gasteiger partial charge < -0.3 is 19.9 Å². The first-order valence-corrected chi connectivity index (χ1v) is 7.45. The number of aryl methyl sites for hydroxylation is 2. The zero-order chi connectivity index (χ0) is 16.2. The van der Waals surface area contributed by atoms with E-state index in [2.05, 4.69) is 10.1 Å². The topological polar surface area (TPSA) is 50.7 Å². The molecule has 1 aromatic carbocycles. The molecule has 0 unspecified atom stereocenters. The first-order valence-electron chi connectivity index (χ1n) is 7.45. The molecule has 1 aliphatic heterocycles. The second-order valence-corrected chi connectivity index (χ2v) is 5.88. The zero-order valence-corrected chi connectivity index (χ0v) is 13.0. The van der Waals surface area contributed by atoms with Crippen molar-refractivity contribution in [2.75, 3.05) is 19.8 Å². The van der Waals surface area contributed by atoms with E-state index in [-0.39, 0.29) is 5.75 Å². The molecule has 1 fully saturated rings. The molecule has 0 amide bonds. The second-order valence-electron chi connectivity index (χ2n) is 5.88. The number of nitrogens with one attached hydrogen (secondary N) is 1. The van der Waals surface area contributed by atoms with Crippen LogP contribution in [0.1, 0.15) is 29.5 Å². The Morgan fingerprint density at radius 3 is 2.41 bits per heavy atom. The normalized spacial score (nSPS) is 17.7. The molecular weight excluding hydrogens is 292 g/mol. The van der Waals surface area contributed by atoms with Crippen molar-refractivity contribution < 1.29 is 23.4 Å². The van der Waals surface area contributed by atoms with Gasteiger partial charge in [0.2, 0.25) is 0 Å². The standard InChI is InChI=1S/C16H23F2NO3/c1-11-7-13(8-12(2)14(11)22-15(17)18)9-19-10-16(20)3-5-21-6-4-16/h7-8,15,19-20H,3-6,9-10H2,1-2H3. The van der Waals surface area contributed by atoms with Crippen LogP contribution in [0.2, 0.25) is 0 Å². The van der Waals surface area contributed by atoms with Crippen molar-refractivity contribution in [1.29, 1.82) is 0 Å². The van der Waals surface area contributed by atoms with E-state index in [4.69, 9.17) is 4.74 Å². The van der Waals surface area contributed by atoms with Crippen molar-refractivity contribution in [2.45, 2.75) is 45.4 Å². The van der Waals surface area contributed by atoms with Crippen LogP contribution in [0.25, 0.3) is 0 Å². The van der Waals surface area contributed by atoms with E-state index >= 15 is 0 Å². The predicted molar refractivity (Wildman–Crippen MR) is 79.3 cm³/mol. The van der Waals surface area contributed by atoms with E-state index in [9.17, 15) is 13.9 Å². The number of alkyl halides is 2. The van der Waals surface area contributed by atoms with Gasteiger partial charge in [-0.1, -0.05) is 12.1 Å². The Hall–Kier alpha value is -1.24. The van der Waals surface area contributed by atoms with Crippen LogP contribution < -0.4 is 10.1 Å². The van der Waals surface area contributed by atoms with Gasteiger partial charge in [0.15, 0.2) is 0 Å². The first kappa shape index (κ1) is 17.1. The number of aliphatic hydroxyl groups is 1. The highest BCUT2D eigenvalue weighted by molar-refractivity contribution is 5.43. The summed E-state index contributed by atoms with van der Waals surface area (Å²) in [5.74, 6) is 0.238. The van der Waals surface area contributed by atoms with Crippen LogP contribution in [0.4, 0.5) is 8.78 Å². The summed E-state index contributed by atoms with van der Waals surface area (Å²) in [5.41, 5.74) is 1.62. The third-order valence-electron chi connectivity index (χ3n) is 3.93. The lowest BCUT2D eigenvalue weighted by Crippen LogP contribution is -2.44. The Balaban J connectivity index is 1.93. The minimum Gasteiger partial charge on any atom is -0.434 e. The number of ether oxygens (including phenoxy) is 2. The predicted octanol–water partition coefficient (Wildman–Crippen LogP) is 2.54. The van der Waals surface area contributed by atoms with Gasteiger partial charge in [-0.3, -0.25) is 0 Å². The van der Waals surface area contributed by atoms with Crippen LogP contribution in [0.15, 0.2) is 12.1 Å². The molecule has 22 heavy (non-hydrogen) atoms. The Labute approximate surface area is 129 Å². The van der Waals surface area contributed by atoms with Gasteiger partial charge >= 0.3 is 6.61 Å². The van der Waals surface area contributed by atoms with Crippen LogP contribution in [0.5, 0.6) is 5.75 Å². The molecule has 2 N–H and O–H groups in total. The van der Waals surface area contributed by atoms with Gasteiger partial charge in [-0.25, -0.2) is 0 Å². The average Bonchev–Trinajstić information content (AvgIpc) is 2.43. The Morgan fingerprint density at radius 2 is 1.86 bits per heavy atom. The minimum absolute atomic E-state index is 0.238. The van der Waals surface area contributed by atoms with Crippen molar-refractivity contribution in [1.82, 2.24) is 5.32 Å². The third-order valence-corrected chi connectivity index (χ3v) is 3.93.